The molecular formula is C24H31NO4. The summed E-state index contributed by atoms with van der Waals surface area (Å²) in [6.45, 7) is 6.58. The van der Waals surface area contributed by atoms with Gasteiger partial charge < -0.3 is 14.4 Å². The molecule has 0 radical (unpaired) electrons. The van der Waals surface area contributed by atoms with E-state index >= 15 is 0 Å². The van der Waals surface area contributed by atoms with Crippen LogP contribution in [0.4, 0.5) is 4.79 Å². The number of carbonyl (C=O) groups excluding carboxylic acids is 2. The number of rotatable bonds is 1. The van der Waals surface area contributed by atoms with Crippen LogP contribution in [0.5, 0.6) is 5.75 Å². The van der Waals surface area contributed by atoms with Gasteiger partial charge >= 0.3 is 6.09 Å². The van der Waals surface area contributed by atoms with Crippen LogP contribution in [0.15, 0.2) is 12.1 Å². The summed E-state index contributed by atoms with van der Waals surface area (Å²) in [5.74, 6) is 2.89. The van der Waals surface area contributed by atoms with Crippen molar-refractivity contribution in [1.82, 2.24) is 4.90 Å². The van der Waals surface area contributed by atoms with E-state index in [4.69, 9.17) is 9.47 Å². The van der Waals surface area contributed by atoms with E-state index in [-0.39, 0.29) is 11.5 Å². The van der Waals surface area contributed by atoms with Crippen LogP contribution in [0, 0.1) is 24.2 Å². The second-order valence-corrected chi connectivity index (χ2v) is 9.62. The molecule has 1 amide bonds. The first-order valence-electron chi connectivity index (χ1n) is 11.2. The maximum atomic E-state index is 12.5. The maximum Gasteiger partial charge on any atom is 0.415 e. The number of ether oxygens (including phenoxy) is 2. The van der Waals surface area contributed by atoms with Gasteiger partial charge in [-0.2, -0.15) is 0 Å². The molecule has 1 heterocycles. The summed E-state index contributed by atoms with van der Waals surface area (Å²) in [6.07, 6.45) is 5.84. The fourth-order valence-corrected chi connectivity index (χ4v) is 6.50. The average molecular weight is 398 g/mol. The summed E-state index contributed by atoms with van der Waals surface area (Å²) in [7, 11) is 0. The second-order valence-electron chi connectivity index (χ2n) is 9.62. The Labute approximate surface area is 172 Å². The van der Waals surface area contributed by atoms with Crippen molar-refractivity contribution in [2.24, 2.45) is 17.3 Å². The first-order chi connectivity index (χ1) is 14.0. The number of Topliss-reactive ketones (excluding diaryl/α,β-unsaturated/α-hetero) is 1. The molecule has 0 bridgehead atoms. The number of hydrogen-bond donors (Lipinski definition) is 0. The smallest absolute Gasteiger partial charge is 0.410 e. The van der Waals surface area contributed by atoms with Crippen molar-refractivity contribution in [3.05, 3.63) is 28.8 Å². The summed E-state index contributed by atoms with van der Waals surface area (Å²) in [4.78, 5) is 26.8. The molecule has 4 unspecified atom stereocenters. The number of ketones is 1. The molecule has 1 aromatic rings. The largest absolute Gasteiger partial charge is 0.415 e. The number of amides is 1. The molecule has 2 saturated carbocycles. The highest BCUT2D eigenvalue weighted by Crippen LogP contribution is 2.59. The van der Waals surface area contributed by atoms with Crippen molar-refractivity contribution in [1.29, 1.82) is 0 Å². The third kappa shape index (κ3) is 3.09. The zero-order valence-corrected chi connectivity index (χ0v) is 17.5. The van der Waals surface area contributed by atoms with Crippen molar-refractivity contribution in [3.63, 3.8) is 0 Å². The Balaban J connectivity index is 1.38. The lowest BCUT2D eigenvalue weighted by atomic mass is 9.55. The van der Waals surface area contributed by atoms with Gasteiger partial charge in [0.05, 0.1) is 13.2 Å². The molecule has 156 valence electrons. The number of nitrogens with zero attached hydrogens (tertiary/aromatic N) is 1. The molecule has 1 saturated heterocycles. The van der Waals surface area contributed by atoms with Gasteiger partial charge in [-0.05, 0) is 79.5 Å². The predicted molar refractivity (Wildman–Crippen MR) is 109 cm³/mol. The van der Waals surface area contributed by atoms with Crippen molar-refractivity contribution >= 4 is 11.9 Å². The first kappa shape index (κ1) is 19.1. The van der Waals surface area contributed by atoms with Crippen molar-refractivity contribution in [2.45, 2.75) is 58.3 Å². The maximum absolute atomic E-state index is 12.5. The van der Waals surface area contributed by atoms with E-state index in [0.29, 0.717) is 55.6 Å². The van der Waals surface area contributed by atoms with Gasteiger partial charge in [0.15, 0.2) is 0 Å². The number of fused-ring (bicyclic) bond motifs is 5. The SMILES string of the molecule is Cc1cc2c(cc1OC(=O)N1CCOCC1)CCC1C2CCC2(C)C(=O)CCC12. The van der Waals surface area contributed by atoms with Gasteiger partial charge in [0.25, 0.3) is 0 Å². The van der Waals surface area contributed by atoms with E-state index in [2.05, 4.69) is 19.1 Å². The molecule has 3 aliphatic carbocycles. The van der Waals surface area contributed by atoms with E-state index in [0.717, 1.165) is 44.1 Å². The highest BCUT2D eigenvalue weighted by molar-refractivity contribution is 5.87. The lowest BCUT2D eigenvalue weighted by Gasteiger charge is -2.48. The van der Waals surface area contributed by atoms with Crippen molar-refractivity contribution in [3.8, 4) is 5.75 Å². The van der Waals surface area contributed by atoms with E-state index in [9.17, 15) is 9.59 Å². The molecule has 4 atom stereocenters. The van der Waals surface area contributed by atoms with E-state index in [1.165, 1.54) is 11.1 Å². The lowest BCUT2D eigenvalue weighted by Crippen LogP contribution is -2.43. The lowest BCUT2D eigenvalue weighted by molar-refractivity contribution is -0.129. The molecule has 0 N–H and O–H groups in total. The number of carbonyl (C=O) groups is 2. The molecule has 5 rings (SSSR count). The van der Waals surface area contributed by atoms with Crippen LogP contribution in [0.25, 0.3) is 0 Å². The summed E-state index contributed by atoms with van der Waals surface area (Å²) in [6, 6.07) is 4.36. The van der Waals surface area contributed by atoms with Gasteiger partial charge in [0.2, 0.25) is 0 Å². The van der Waals surface area contributed by atoms with Crippen LogP contribution < -0.4 is 4.74 Å². The minimum atomic E-state index is -0.275. The molecular weight excluding hydrogens is 366 g/mol. The fraction of sp³-hybridized carbons (Fsp3) is 0.667. The topological polar surface area (TPSA) is 55.8 Å². The van der Waals surface area contributed by atoms with Gasteiger partial charge in [0.1, 0.15) is 11.5 Å². The molecule has 5 heteroatoms. The molecule has 29 heavy (non-hydrogen) atoms. The molecule has 1 aliphatic heterocycles. The highest BCUT2D eigenvalue weighted by atomic mass is 16.6. The van der Waals surface area contributed by atoms with Gasteiger partial charge in [-0.15, -0.1) is 0 Å². The van der Waals surface area contributed by atoms with E-state index < -0.39 is 0 Å². The second kappa shape index (κ2) is 7.12. The van der Waals surface area contributed by atoms with E-state index in [1.54, 1.807) is 4.90 Å². The van der Waals surface area contributed by atoms with Gasteiger partial charge in [0, 0.05) is 24.9 Å². The Bertz CT molecular complexity index is 844. The fourth-order valence-electron chi connectivity index (χ4n) is 6.50. The van der Waals surface area contributed by atoms with Crippen molar-refractivity contribution in [2.75, 3.05) is 26.3 Å². The third-order valence-electron chi connectivity index (χ3n) is 8.20. The van der Waals surface area contributed by atoms with Crippen LogP contribution in [0.2, 0.25) is 0 Å². The molecule has 0 aromatic heterocycles. The summed E-state index contributed by atoms with van der Waals surface area (Å²) >= 11 is 0. The number of benzene rings is 1. The Morgan fingerprint density at radius 3 is 2.76 bits per heavy atom. The first-order valence-corrected chi connectivity index (χ1v) is 11.2. The Kier molecular flexibility index (Phi) is 4.69. The van der Waals surface area contributed by atoms with E-state index in [1.807, 2.05) is 6.92 Å². The molecule has 3 fully saturated rings. The van der Waals surface area contributed by atoms with Crippen LogP contribution in [-0.4, -0.2) is 43.1 Å². The monoisotopic (exact) mass is 397 g/mol. The normalized spacial score (nSPS) is 33.7. The van der Waals surface area contributed by atoms with Gasteiger partial charge in [-0.1, -0.05) is 13.0 Å². The summed E-state index contributed by atoms with van der Waals surface area (Å²) in [5, 5.41) is 0. The standard InChI is InChI=1S/C24H31NO4/c1-15-13-19-16(14-21(15)29-23(27)25-9-11-28-12-10-25)3-4-18-17(19)7-8-24(2)20(18)5-6-22(24)26/h13-14,17-18,20H,3-12H2,1-2H3. The predicted octanol–water partition coefficient (Wildman–Crippen LogP) is 4.25. The minimum absolute atomic E-state index is 0.0820. The third-order valence-corrected chi connectivity index (χ3v) is 8.20. The number of hydrogen-bond acceptors (Lipinski definition) is 4. The van der Waals surface area contributed by atoms with Crippen LogP contribution in [0.3, 0.4) is 0 Å². The van der Waals surface area contributed by atoms with Gasteiger partial charge in [-0.3, -0.25) is 4.79 Å². The number of morpholine rings is 1. The summed E-state index contributed by atoms with van der Waals surface area (Å²) in [5.41, 5.74) is 3.71. The highest BCUT2D eigenvalue weighted by Gasteiger charge is 2.54. The van der Waals surface area contributed by atoms with Crippen LogP contribution >= 0.6 is 0 Å². The molecule has 4 aliphatic rings. The van der Waals surface area contributed by atoms with Crippen molar-refractivity contribution < 1.29 is 19.1 Å². The Morgan fingerprint density at radius 2 is 1.97 bits per heavy atom. The Morgan fingerprint density at radius 1 is 1.17 bits per heavy atom. The average Bonchev–Trinajstić information content (AvgIpc) is 3.04. The Hall–Kier alpha value is -1.88. The quantitative estimate of drug-likeness (QED) is 0.711. The van der Waals surface area contributed by atoms with Crippen LogP contribution in [0.1, 0.15) is 61.6 Å². The zero-order chi connectivity index (χ0) is 20.2. The summed E-state index contributed by atoms with van der Waals surface area (Å²) < 4.78 is 11.1. The molecule has 0 spiro atoms. The molecule has 5 nitrogen and oxygen atoms in total. The zero-order valence-electron chi connectivity index (χ0n) is 17.5. The van der Waals surface area contributed by atoms with Gasteiger partial charge in [-0.25, -0.2) is 4.79 Å². The number of aryl methyl sites for hydroxylation is 2. The minimum Gasteiger partial charge on any atom is -0.410 e. The van der Waals surface area contributed by atoms with Crippen LogP contribution in [-0.2, 0) is 16.0 Å². The molecule has 1 aromatic carbocycles.